The molecule has 3 aromatic rings. The molecule has 12 heteroatoms. The lowest BCUT2D eigenvalue weighted by atomic mass is 9.99. The van der Waals surface area contributed by atoms with Crippen LogP contribution in [-0.4, -0.2) is 74.1 Å². The molecule has 0 heterocycles. The van der Waals surface area contributed by atoms with E-state index in [4.69, 9.17) is 0 Å². The fourth-order valence-electron chi connectivity index (χ4n) is 5.16. The van der Waals surface area contributed by atoms with Crippen LogP contribution in [0.5, 0.6) is 0 Å². The number of carbonyl (C=O) groups excluding carboxylic acids is 2. The van der Waals surface area contributed by atoms with E-state index in [9.17, 15) is 31.9 Å². The van der Waals surface area contributed by atoms with Crippen molar-refractivity contribution in [3.8, 4) is 11.8 Å². The maximum absolute atomic E-state index is 14.1. The van der Waals surface area contributed by atoms with Crippen molar-refractivity contribution in [3.63, 3.8) is 0 Å². The van der Waals surface area contributed by atoms with E-state index in [1.165, 1.54) is 24.2 Å². The van der Waals surface area contributed by atoms with Gasteiger partial charge >= 0.3 is 0 Å². The average Bonchev–Trinajstić information content (AvgIpc) is 2.99. The lowest BCUT2D eigenvalue weighted by molar-refractivity contribution is 0.0687. The number of hydrogen-bond donors (Lipinski definition) is 3. The van der Waals surface area contributed by atoms with Crippen molar-refractivity contribution in [2.75, 3.05) is 26.7 Å². The summed E-state index contributed by atoms with van der Waals surface area (Å²) in [6.07, 6.45) is -0.0818. The van der Waals surface area contributed by atoms with Gasteiger partial charge in [0.1, 0.15) is 11.6 Å². The summed E-state index contributed by atoms with van der Waals surface area (Å²) in [6, 6.07) is 14.9. The normalized spacial score (nSPS) is 12.6. The molecule has 0 saturated carbocycles. The molecule has 2 amide bonds. The van der Waals surface area contributed by atoms with Gasteiger partial charge in [-0.3, -0.25) is 9.59 Å². The van der Waals surface area contributed by atoms with Crippen LogP contribution < -0.4 is 10.1 Å². The maximum atomic E-state index is 14.1. The summed E-state index contributed by atoms with van der Waals surface area (Å²) >= 11 is 0. The van der Waals surface area contributed by atoms with Gasteiger partial charge in [-0.05, 0) is 67.6 Å². The summed E-state index contributed by atoms with van der Waals surface area (Å²) in [5.74, 6) is 2.79. The van der Waals surface area contributed by atoms with Crippen LogP contribution in [0, 0.1) is 23.5 Å². The molecule has 0 bridgehead atoms. The number of nitrogens with one attached hydrogen (secondary N) is 2. The Hall–Kier alpha value is -4.15. The topological polar surface area (TPSA) is 119 Å². The van der Waals surface area contributed by atoms with E-state index in [0.717, 1.165) is 25.0 Å². The lowest BCUT2D eigenvalue weighted by Crippen LogP contribution is -2.52. The number of hydrazine groups is 1. The Labute approximate surface area is 276 Å². The number of likely N-dealkylation sites (N-methyl/N-ethyl adjacent to an activating group) is 1. The van der Waals surface area contributed by atoms with Crippen molar-refractivity contribution in [2.24, 2.45) is 0 Å². The monoisotopic (exact) mass is 668 g/mol. The summed E-state index contributed by atoms with van der Waals surface area (Å²) in [6.45, 7) is 6.36. The van der Waals surface area contributed by atoms with E-state index in [-0.39, 0.29) is 41.3 Å². The molecule has 252 valence electrons. The minimum absolute atomic E-state index is 0.0982. The van der Waals surface area contributed by atoms with Gasteiger partial charge in [0.05, 0.1) is 17.9 Å². The molecule has 3 rings (SSSR count). The quantitative estimate of drug-likeness (QED) is 0.155. The third-order valence-corrected chi connectivity index (χ3v) is 8.40. The molecule has 47 heavy (non-hydrogen) atoms. The van der Waals surface area contributed by atoms with Gasteiger partial charge in [-0.2, -0.15) is 0 Å². The number of rotatable bonds is 16. The Bertz CT molecular complexity index is 1670. The van der Waals surface area contributed by atoms with Crippen LogP contribution in [0.3, 0.4) is 0 Å². The van der Waals surface area contributed by atoms with Crippen molar-refractivity contribution < 1.29 is 31.9 Å². The van der Waals surface area contributed by atoms with Crippen LogP contribution >= 0.6 is 0 Å². The van der Waals surface area contributed by atoms with Crippen LogP contribution in [0.4, 0.5) is 8.78 Å². The minimum atomic E-state index is -3.85. The largest absolute Gasteiger partial charge is 0.390 e. The number of carbonyl (C=O) groups is 2. The van der Waals surface area contributed by atoms with E-state index in [1.54, 1.807) is 48.2 Å². The molecule has 9 nitrogen and oxygen atoms in total. The zero-order valence-corrected chi connectivity index (χ0v) is 27.9. The van der Waals surface area contributed by atoms with Crippen LogP contribution in [0.2, 0.25) is 0 Å². The van der Waals surface area contributed by atoms with Gasteiger partial charge in [-0.15, -0.1) is 10.8 Å². The molecule has 0 aromatic heterocycles. The molecule has 2 unspecified atom stereocenters. The Kier molecular flexibility index (Phi) is 14.0. The first-order chi connectivity index (χ1) is 22.3. The zero-order valence-electron chi connectivity index (χ0n) is 27.1. The SMILES string of the molecule is CC#Cc1cc(C(=O)NC(Cc2cc(F)cc(F)c2)C(O)CN(C)NS(=O)(=O)Cc2ccccc2)cc(C(=O)N(CCC)CCC)c1. The Morgan fingerprint density at radius 3 is 2.13 bits per heavy atom. The molecule has 0 saturated heterocycles. The van der Waals surface area contributed by atoms with Gasteiger partial charge in [0.15, 0.2) is 0 Å². The van der Waals surface area contributed by atoms with Crippen molar-refractivity contribution in [3.05, 3.63) is 106 Å². The summed E-state index contributed by atoms with van der Waals surface area (Å²) in [4.78, 5) is 31.2. The molecular weight excluding hydrogens is 626 g/mol. The molecular formula is C35H42F2N4O5S. The second-order valence-corrected chi connectivity index (χ2v) is 13.0. The van der Waals surface area contributed by atoms with E-state index < -0.39 is 39.7 Å². The number of benzene rings is 3. The summed E-state index contributed by atoms with van der Waals surface area (Å²) in [5, 5.41) is 15.2. The molecule has 0 radical (unpaired) electrons. The van der Waals surface area contributed by atoms with Crippen molar-refractivity contribution >= 4 is 21.8 Å². The number of sulfonamides is 1. The fraction of sp³-hybridized carbons (Fsp3) is 0.371. The van der Waals surface area contributed by atoms with Gasteiger partial charge in [0.2, 0.25) is 10.0 Å². The van der Waals surface area contributed by atoms with E-state index >= 15 is 0 Å². The van der Waals surface area contributed by atoms with Crippen molar-refractivity contribution in [1.29, 1.82) is 0 Å². The van der Waals surface area contributed by atoms with Gasteiger partial charge in [0, 0.05) is 49.4 Å². The Morgan fingerprint density at radius 2 is 1.53 bits per heavy atom. The third-order valence-electron chi connectivity index (χ3n) is 7.10. The molecule has 0 fully saturated rings. The maximum Gasteiger partial charge on any atom is 0.253 e. The number of aliphatic hydroxyl groups excluding tert-OH is 1. The van der Waals surface area contributed by atoms with E-state index in [2.05, 4.69) is 22.0 Å². The van der Waals surface area contributed by atoms with Crippen LogP contribution in [0.25, 0.3) is 0 Å². The van der Waals surface area contributed by atoms with Gasteiger partial charge in [-0.1, -0.05) is 50.1 Å². The molecule has 0 aliphatic heterocycles. The van der Waals surface area contributed by atoms with E-state index in [0.29, 0.717) is 30.3 Å². The first kappa shape index (κ1) is 37.3. The predicted molar refractivity (Wildman–Crippen MR) is 178 cm³/mol. The predicted octanol–water partition coefficient (Wildman–Crippen LogP) is 4.27. The highest BCUT2D eigenvalue weighted by atomic mass is 32.2. The lowest BCUT2D eigenvalue weighted by Gasteiger charge is -2.28. The highest BCUT2D eigenvalue weighted by Crippen LogP contribution is 2.17. The molecule has 2 atom stereocenters. The number of nitrogens with zero attached hydrogens (tertiary/aromatic N) is 2. The average molecular weight is 669 g/mol. The smallest absolute Gasteiger partial charge is 0.253 e. The highest BCUT2D eigenvalue weighted by molar-refractivity contribution is 7.88. The summed E-state index contributed by atoms with van der Waals surface area (Å²) in [7, 11) is -2.44. The summed E-state index contributed by atoms with van der Waals surface area (Å²) in [5.41, 5.74) is 1.53. The number of aliphatic hydroxyl groups is 1. The summed E-state index contributed by atoms with van der Waals surface area (Å²) < 4.78 is 53.7. The first-order valence-electron chi connectivity index (χ1n) is 15.4. The Balaban J connectivity index is 1.89. The van der Waals surface area contributed by atoms with Crippen molar-refractivity contribution in [1.82, 2.24) is 20.1 Å². The number of amides is 2. The zero-order chi connectivity index (χ0) is 34.6. The van der Waals surface area contributed by atoms with Gasteiger partial charge in [-0.25, -0.2) is 22.2 Å². The second kappa shape index (κ2) is 17.7. The highest BCUT2D eigenvalue weighted by Gasteiger charge is 2.27. The molecule has 3 aromatic carbocycles. The first-order valence-corrected chi connectivity index (χ1v) is 17.1. The third kappa shape index (κ3) is 11.9. The van der Waals surface area contributed by atoms with Crippen LogP contribution in [-0.2, 0) is 22.2 Å². The van der Waals surface area contributed by atoms with Crippen LogP contribution in [0.15, 0.2) is 66.7 Å². The molecule has 0 spiro atoms. The van der Waals surface area contributed by atoms with Gasteiger partial charge < -0.3 is 15.3 Å². The molecule has 0 aliphatic carbocycles. The number of halogens is 2. The Morgan fingerprint density at radius 1 is 0.915 bits per heavy atom. The molecule has 0 aliphatic rings. The minimum Gasteiger partial charge on any atom is -0.390 e. The molecule has 3 N–H and O–H groups in total. The number of hydrogen-bond acceptors (Lipinski definition) is 6. The van der Waals surface area contributed by atoms with Crippen LogP contribution in [0.1, 0.15) is 71.0 Å². The standard InChI is InChI=1S/C35H42F2N4O5S/c1-5-11-26-16-28(21-29(17-26)35(44)41(14-6-2)15-7-3)34(43)38-32(20-27-18-30(36)22-31(37)19-27)33(42)23-40(4)39-47(45,46)24-25-12-9-8-10-13-25/h8-10,12-13,16-19,21-22,32-33,39,42H,6-7,14-15,20,23-24H2,1-4H3,(H,38,43). The van der Waals surface area contributed by atoms with Crippen molar-refractivity contribution in [2.45, 2.75) is 57.9 Å². The van der Waals surface area contributed by atoms with Gasteiger partial charge in [0.25, 0.3) is 11.8 Å². The van der Waals surface area contributed by atoms with E-state index in [1.807, 2.05) is 13.8 Å². The second-order valence-electron chi connectivity index (χ2n) is 11.3. The fourth-order valence-corrected chi connectivity index (χ4v) is 6.41.